The molecule has 1 aliphatic carbocycles. The molecule has 0 saturated heterocycles. The second-order valence-corrected chi connectivity index (χ2v) is 12.2. The SMILES string of the molecule is C=N/C=C(\C(=NCNc1ccc(F)cc1)NCCC)C(C)(C)[C@@H]1CCC[C@H](NC(=O)CN(C)C(=O)OC(C)(C)C)C1. The highest BCUT2D eigenvalue weighted by Gasteiger charge is 2.39. The van der Waals surface area contributed by atoms with Crippen LogP contribution in [-0.4, -0.2) is 67.9 Å². The van der Waals surface area contributed by atoms with Crippen molar-refractivity contribution in [3.8, 4) is 0 Å². The number of likely N-dealkylation sites (N-methyl/N-ethyl adjacent to an activating group) is 1. The number of ether oxygens (including phenoxy) is 1. The van der Waals surface area contributed by atoms with E-state index in [4.69, 9.17) is 9.73 Å². The van der Waals surface area contributed by atoms with E-state index in [2.05, 4.69) is 48.4 Å². The fraction of sp³-hybridized carbons (Fsp3) is 0.613. The summed E-state index contributed by atoms with van der Waals surface area (Å²) in [5, 5.41) is 9.81. The van der Waals surface area contributed by atoms with Gasteiger partial charge in [-0.3, -0.25) is 9.79 Å². The Morgan fingerprint density at radius 2 is 1.85 bits per heavy atom. The number of amides is 2. The zero-order valence-corrected chi connectivity index (χ0v) is 25.8. The second kappa shape index (κ2) is 15.5. The summed E-state index contributed by atoms with van der Waals surface area (Å²) < 4.78 is 18.6. The maximum absolute atomic E-state index is 13.3. The topological polar surface area (TPSA) is 107 Å². The van der Waals surface area contributed by atoms with Crippen molar-refractivity contribution in [1.29, 1.82) is 0 Å². The number of anilines is 1. The fourth-order valence-electron chi connectivity index (χ4n) is 4.97. The minimum Gasteiger partial charge on any atom is -0.444 e. The number of aliphatic imine (C=N–C) groups is 2. The van der Waals surface area contributed by atoms with Gasteiger partial charge in [0.1, 0.15) is 30.5 Å². The number of halogens is 1. The highest BCUT2D eigenvalue weighted by atomic mass is 19.1. The van der Waals surface area contributed by atoms with E-state index in [1.807, 2.05) is 0 Å². The van der Waals surface area contributed by atoms with E-state index in [-0.39, 0.29) is 35.6 Å². The normalized spacial score (nSPS) is 18.3. The van der Waals surface area contributed by atoms with Crippen LogP contribution >= 0.6 is 0 Å². The molecule has 0 aromatic heterocycles. The van der Waals surface area contributed by atoms with Crippen molar-refractivity contribution >= 4 is 30.2 Å². The average molecular weight is 573 g/mol. The number of benzene rings is 1. The molecule has 3 N–H and O–H groups in total. The van der Waals surface area contributed by atoms with Crippen LogP contribution in [0.15, 0.2) is 46.0 Å². The van der Waals surface area contributed by atoms with Gasteiger partial charge in [-0.05, 0) is 88.8 Å². The molecule has 1 fully saturated rings. The minimum atomic E-state index is -0.624. The molecule has 0 heterocycles. The Balaban J connectivity index is 2.13. The molecule has 2 rings (SSSR count). The molecule has 0 unspecified atom stereocenters. The zero-order chi connectivity index (χ0) is 30.6. The van der Waals surface area contributed by atoms with Crippen LogP contribution in [0, 0.1) is 17.2 Å². The van der Waals surface area contributed by atoms with Crippen molar-refractivity contribution in [2.45, 2.75) is 85.3 Å². The first-order valence-electron chi connectivity index (χ1n) is 14.4. The molecule has 10 heteroatoms. The minimum absolute atomic E-state index is 0.00497. The number of rotatable bonds is 12. The van der Waals surface area contributed by atoms with Crippen LogP contribution in [0.2, 0.25) is 0 Å². The molecule has 0 bridgehead atoms. The van der Waals surface area contributed by atoms with Crippen molar-refractivity contribution < 1.29 is 18.7 Å². The molecule has 1 aromatic rings. The predicted octanol–water partition coefficient (Wildman–Crippen LogP) is 5.75. The van der Waals surface area contributed by atoms with Gasteiger partial charge in [-0.2, -0.15) is 0 Å². The Morgan fingerprint density at radius 3 is 2.46 bits per heavy atom. The van der Waals surface area contributed by atoms with Crippen LogP contribution in [0.5, 0.6) is 0 Å². The number of hydrogen-bond acceptors (Lipinski definition) is 6. The Hall–Kier alpha value is -3.43. The van der Waals surface area contributed by atoms with Crippen LogP contribution in [0.4, 0.5) is 14.9 Å². The standard InChI is InChI=1S/C31H49FN6O3/c1-9-17-34-28(36-21-35-24-15-13-23(32)14-16-24)26(19-33-7)31(5,6)22-11-10-12-25(18-22)37-27(39)20-38(8)29(40)41-30(2,3)4/h13-16,19,22,25,35H,7,9-12,17-18,20-21H2,1-6,8H3,(H,34,36)(H,37,39)/b26-19+/t22-,25+/m1/s1. The first kappa shape index (κ1) is 33.8. The van der Waals surface area contributed by atoms with Gasteiger partial charge < -0.3 is 25.6 Å². The molecular formula is C31H49FN6O3. The van der Waals surface area contributed by atoms with Crippen LogP contribution < -0.4 is 16.0 Å². The molecule has 0 aliphatic heterocycles. The third-order valence-electron chi connectivity index (χ3n) is 7.22. The summed E-state index contributed by atoms with van der Waals surface area (Å²) in [5.41, 5.74) is 0.775. The lowest BCUT2D eigenvalue weighted by atomic mass is 9.66. The Bertz CT molecular complexity index is 1080. The maximum atomic E-state index is 13.3. The average Bonchev–Trinajstić information content (AvgIpc) is 2.89. The van der Waals surface area contributed by atoms with E-state index in [0.717, 1.165) is 55.7 Å². The molecule has 228 valence electrons. The summed E-state index contributed by atoms with van der Waals surface area (Å²) in [6.45, 7) is 16.5. The largest absolute Gasteiger partial charge is 0.444 e. The highest BCUT2D eigenvalue weighted by molar-refractivity contribution is 5.99. The smallest absolute Gasteiger partial charge is 0.410 e. The Labute approximate surface area is 245 Å². The van der Waals surface area contributed by atoms with E-state index in [9.17, 15) is 14.0 Å². The van der Waals surface area contributed by atoms with Crippen molar-refractivity contribution in [2.75, 3.05) is 32.1 Å². The summed E-state index contributed by atoms with van der Waals surface area (Å²) >= 11 is 0. The van der Waals surface area contributed by atoms with Gasteiger partial charge in [0, 0.05) is 37.1 Å². The van der Waals surface area contributed by atoms with Crippen LogP contribution in [0.1, 0.15) is 73.6 Å². The van der Waals surface area contributed by atoms with Gasteiger partial charge in [0.25, 0.3) is 0 Å². The third kappa shape index (κ3) is 11.2. The van der Waals surface area contributed by atoms with E-state index < -0.39 is 11.7 Å². The highest BCUT2D eigenvalue weighted by Crippen LogP contribution is 2.43. The van der Waals surface area contributed by atoms with Crippen molar-refractivity contribution in [1.82, 2.24) is 15.5 Å². The summed E-state index contributed by atoms with van der Waals surface area (Å²) in [5.74, 6) is 0.496. The third-order valence-corrected chi connectivity index (χ3v) is 7.22. The van der Waals surface area contributed by atoms with Crippen molar-refractivity contribution in [2.24, 2.45) is 21.3 Å². The zero-order valence-electron chi connectivity index (χ0n) is 25.8. The Morgan fingerprint density at radius 1 is 1.17 bits per heavy atom. The first-order valence-corrected chi connectivity index (χ1v) is 14.4. The predicted molar refractivity (Wildman–Crippen MR) is 165 cm³/mol. The molecule has 0 spiro atoms. The molecular weight excluding hydrogens is 523 g/mol. The number of carbonyl (C=O) groups excluding carboxylic acids is 2. The molecule has 41 heavy (non-hydrogen) atoms. The van der Waals surface area contributed by atoms with E-state index in [1.165, 1.54) is 17.0 Å². The summed E-state index contributed by atoms with van der Waals surface area (Å²) in [4.78, 5) is 35.3. The monoisotopic (exact) mass is 572 g/mol. The second-order valence-electron chi connectivity index (χ2n) is 12.2. The summed E-state index contributed by atoms with van der Waals surface area (Å²) in [6.07, 6.45) is 5.81. The van der Waals surface area contributed by atoms with Gasteiger partial charge in [-0.15, -0.1) is 0 Å². The lowest BCUT2D eigenvalue weighted by Gasteiger charge is -2.42. The number of nitrogens with one attached hydrogen (secondary N) is 3. The summed E-state index contributed by atoms with van der Waals surface area (Å²) in [7, 11) is 1.56. The number of hydrogen-bond donors (Lipinski definition) is 3. The molecule has 1 saturated carbocycles. The lowest BCUT2D eigenvalue weighted by Crippen LogP contribution is -2.47. The number of carbonyl (C=O) groups is 2. The van der Waals surface area contributed by atoms with E-state index >= 15 is 0 Å². The molecule has 2 atom stereocenters. The van der Waals surface area contributed by atoms with Crippen molar-refractivity contribution in [3.05, 3.63) is 41.9 Å². The first-order chi connectivity index (χ1) is 19.3. The maximum Gasteiger partial charge on any atom is 0.410 e. The number of nitrogens with zero attached hydrogens (tertiary/aromatic N) is 3. The van der Waals surface area contributed by atoms with Gasteiger partial charge in [0.05, 0.1) is 0 Å². The quantitative estimate of drug-likeness (QED) is 0.219. The number of amidine groups is 1. The molecule has 0 radical (unpaired) electrons. The molecule has 1 aromatic carbocycles. The van der Waals surface area contributed by atoms with Crippen LogP contribution in [-0.2, 0) is 9.53 Å². The van der Waals surface area contributed by atoms with Gasteiger partial charge in [0.15, 0.2) is 0 Å². The summed E-state index contributed by atoms with van der Waals surface area (Å²) in [6, 6.07) is 6.17. The fourth-order valence-corrected chi connectivity index (χ4v) is 4.97. The van der Waals surface area contributed by atoms with Gasteiger partial charge in [-0.1, -0.05) is 27.2 Å². The molecule has 1 aliphatic rings. The van der Waals surface area contributed by atoms with E-state index in [0.29, 0.717) is 6.67 Å². The van der Waals surface area contributed by atoms with Crippen LogP contribution in [0.3, 0.4) is 0 Å². The van der Waals surface area contributed by atoms with Crippen molar-refractivity contribution in [3.63, 3.8) is 0 Å². The van der Waals surface area contributed by atoms with Gasteiger partial charge in [0.2, 0.25) is 5.91 Å². The molecule has 2 amide bonds. The van der Waals surface area contributed by atoms with Crippen LogP contribution in [0.25, 0.3) is 0 Å². The lowest BCUT2D eigenvalue weighted by molar-refractivity contribution is -0.123. The van der Waals surface area contributed by atoms with Gasteiger partial charge >= 0.3 is 6.09 Å². The van der Waals surface area contributed by atoms with Gasteiger partial charge in [-0.25, -0.2) is 14.2 Å². The Kier molecular flexibility index (Phi) is 12.8. The molecule has 9 nitrogen and oxygen atoms in total. The van der Waals surface area contributed by atoms with E-state index in [1.54, 1.807) is 46.2 Å².